The van der Waals surface area contributed by atoms with Gasteiger partial charge in [-0.3, -0.25) is 4.79 Å². The van der Waals surface area contributed by atoms with Crippen LogP contribution in [0.15, 0.2) is 23.4 Å². The van der Waals surface area contributed by atoms with Crippen molar-refractivity contribution >= 4 is 29.3 Å². The summed E-state index contributed by atoms with van der Waals surface area (Å²) >= 11 is 1.13. The van der Waals surface area contributed by atoms with Gasteiger partial charge in [0.15, 0.2) is 16.8 Å². The molecule has 1 amide bonds. The molecular weight excluding hydrogens is 350 g/mol. The highest BCUT2D eigenvalue weighted by Crippen LogP contribution is 2.31. The van der Waals surface area contributed by atoms with Crippen molar-refractivity contribution in [2.45, 2.75) is 30.3 Å². The second-order valence-corrected chi connectivity index (χ2v) is 6.58. The Kier molecular flexibility index (Phi) is 5.14. The number of carbonyl (C=O) groups is 1. The lowest BCUT2D eigenvalue weighted by molar-refractivity contribution is -0.115. The van der Waals surface area contributed by atoms with Crippen LogP contribution >= 0.6 is 11.8 Å². The molecular formula is C16H16F2N4O2S. The molecule has 0 radical (unpaired) electrons. The number of thioether (sulfide) groups is 1. The second-order valence-electron chi connectivity index (χ2n) is 5.64. The second kappa shape index (κ2) is 7.32. The maximum absolute atomic E-state index is 13.7. The first-order valence-electron chi connectivity index (χ1n) is 7.61. The van der Waals surface area contributed by atoms with Gasteiger partial charge in [-0.15, -0.1) is 0 Å². The molecule has 0 saturated heterocycles. The van der Waals surface area contributed by atoms with Crippen LogP contribution < -0.4 is 10.6 Å². The average molecular weight is 366 g/mol. The first-order chi connectivity index (χ1) is 12.0. The van der Waals surface area contributed by atoms with Gasteiger partial charge in [0.1, 0.15) is 11.6 Å². The molecule has 1 atom stereocenters. The number of nitrogens with one attached hydrogen (secondary N) is 2. The number of amides is 1. The van der Waals surface area contributed by atoms with E-state index in [1.54, 1.807) is 6.92 Å². The summed E-state index contributed by atoms with van der Waals surface area (Å²) in [4.78, 5) is 20.2. The first kappa shape index (κ1) is 17.6. The lowest BCUT2D eigenvalue weighted by atomic mass is 10.2. The standard InChI is InChI=1S/C16H16F2N4O2S/c1-8(6-23)19-14-10-5-12(24)20-15(10)22-16(21-14)25-7-9-3-2-4-11(17)13(9)18/h2-4,8,23H,5-7H2,1H3,(H2,19,20,21,22,24)/t8-/m1/s1. The molecule has 0 fully saturated rings. The Morgan fingerprint density at radius 1 is 1.40 bits per heavy atom. The van der Waals surface area contributed by atoms with Crippen molar-refractivity contribution in [3.8, 4) is 0 Å². The summed E-state index contributed by atoms with van der Waals surface area (Å²) in [7, 11) is 0. The summed E-state index contributed by atoms with van der Waals surface area (Å²) < 4.78 is 27.0. The molecule has 25 heavy (non-hydrogen) atoms. The number of halogens is 2. The summed E-state index contributed by atoms with van der Waals surface area (Å²) in [6.07, 6.45) is 0.152. The molecule has 1 aliphatic heterocycles. The van der Waals surface area contributed by atoms with E-state index in [-0.39, 0.29) is 36.3 Å². The molecule has 6 nitrogen and oxygen atoms in total. The smallest absolute Gasteiger partial charge is 0.230 e. The maximum atomic E-state index is 13.7. The van der Waals surface area contributed by atoms with Gasteiger partial charge in [-0.1, -0.05) is 23.9 Å². The zero-order chi connectivity index (χ0) is 18.0. The largest absolute Gasteiger partial charge is 0.394 e. The van der Waals surface area contributed by atoms with Crippen molar-refractivity contribution in [2.24, 2.45) is 0 Å². The van der Waals surface area contributed by atoms with E-state index in [0.29, 0.717) is 22.4 Å². The van der Waals surface area contributed by atoms with E-state index in [4.69, 9.17) is 0 Å². The predicted molar refractivity (Wildman–Crippen MR) is 90.5 cm³/mol. The summed E-state index contributed by atoms with van der Waals surface area (Å²) in [5.41, 5.74) is 0.836. The van der Waals surface area contributed by atoms with Gasteiger partial charge in [0, 0.05) is 22.9 Å². The molecule has 9 heteroatoms. The van der Waals surface area contributed by atoms with Gasteiger partial charge in [0.25, 0.3) is 0 Å². The number of aliphatic hydroxyl groups is 1. The zero-order valence-electron chi connectivity index (χ0n) is 13.3. The first-order valence-corrected chi connectivity index (χ1v) is 8.60. The van der Waals surface area contributed by atoms with E-state index >= 15 is 0 Å². The summed E-state index contributed by atoms with van der Waals surface area (Å²) in [5, 5.41) is 15.2. The number of fused-ring (bicyclic) bond motifs is 1. The quantitative estimate of drug-likeness (QED) is 0.537. The number of aromatic nitrogens is 2. The molecule has 1 aromatic carbocycles. The number of carbonyl (C=O) groups excluding carboxylic acids is 1. The fourth-order valence-electron chi connectivity index (χ4n) is 2.34. The van der Waals surface area contributed by atoms with Crippen LogP contribution in [0.4, 0.5) is 20.4 Å². The third-order valence-electron chi connectivity index (χ3n) is 3.63. The number of rotatable bonds is 6. The fourth-order valence-corrected chi connectivity index (χ4v) is 3.16. The van der Waals surface area contributed by atoms with Crippen molar-refractivity contribution < 1.29 is 18.7 Å². The SMILES string of the molecule is C[C@H](CO)Nc1nc(SCc2cccc(F)c2F)nc2c1CC(=O)N2. The Balaban J connectivity index is 1.84. The average Bonchev–Trinajstić information content (AvgIpc) is 2.96. The van der Waals surface area contributed by atoms with Crippen molar-refractivity contribution in [1.29, 1.82) is 0 Å². The summed E-state index contributed by atoms with van der Waals surface area (Å²) in [6.45, 7) is 1.67. The molecule has 2 aromatic rings. The normalized spacial score (nSPS) is 14.2. The number of aliphatic hydroxyl groups excluding tert-OH is 1. The molecule has 0 saturated carbocycles. The molecule has 3 N–H and O–H groups in total. The van der Waals surface area contributed by atoms with E-state index in [9.17, 15) is 18.7 Å². The van der Waals surface area contributed by atoms with Crippen LogP contribution in [-0.2, 0) is 17.0 Å². The minimum atomic E-state index is -0.903. The predicted octanol–water partition coefficient (Wildman–Crippen LogP) is 2.33. The Bertz CT molecular complexity index is 819. The highest BCUT2D eigenvalue weighted by Gasteiger charge is 2.25. The van der Waals surface area contributed by atoms with Crippen molar-refractivity contribution in [3.63, 3.8) is 0 Å². The van der Waals surface area contributed by atoms with Crippen molar-refractivity contribution in [3.05, 3.63) is 41.0 Å². The van der Waals surface area contributed by atoms with Gasteiger partial charge in [-0.25, -0.2) is 18.7 Å². The molecule has 1 aromatic heterocycles. The van der Waals surface area contributed by atoms with Crippen molar-refractivity contribution in [2.75, 3.05) is 17.2 Å². The lowest BCUT2D eigenvalue weighted by Crippen LogP contribution is -2.21. The number of anilines is 2. The topological polar surface area (TPSA) is 87.1 Å². The number of hydrogen-bond acceptors (Lipinski definition) is 6. The van der Waals surface area contributed by atoms with Gasteiger partial charge in [-0.05, 0) is 13.0 Å². The van der Waals surface area contributed by atoms with E-state index in [1.165, 1.54) is 12.1 Å². The summed E-state index contributed by atoms with van der Waals surface area (Å²) in [6, 6.07) is 3.73. The van der Waals surface area contributed by atoms with Gasteiger partial charge in [0.2, 0.25) is 5.91 Å². The van der Waals surface area contributed by atoms with Crippen LogP contribution in [0.5, 0.6) is 0 Å². The third kappa shape index (κ3) is 3.88. The molecule has 1 aliphatic rings. The maximum Gasteiger partial charge on any atom is 0.230 e. The lowest BCUT2D eigenvalue weighted by Gasteiger charge is -2.15. The van der Waals surface area contributed by atoms with E-state index in [0.717, 1.165) is 17.8 Å². The summed E-state index contributed by atoms with van der Waals surface area (Å²) in [5.74, 6) is -0.994. The van der Waals surface area contributed by atoms with Gasteiger partial charge in [0.05, 0.1) is 13.0 Å². The molecule has 0 spiro atoms. The van der Waals surface area contributed by atoms with Crippen LogP contribution in [0.3, 0.4) is 0 Å². The molecule has 3 rings (SSSR count). The van der Waals surface area contributed by atoms with Crippen LogP contribution in [0.25, 0.3) is 0 Å². The van der Waals surface area contributed by atoms with Crippen LogP contribution in [0, 0.1) is 11.6 Å². The van der Waals surface area contributed by atoms with Gasteiger partial charge < -0.3 is 15.7 Å². The van der Waals surface area contributed by atoms with Crippen LogP contribution in [0.2, 0.25) is 0 Å². The Hall–Kier alpha value is -2.26. The molecule has 0 aliphatic carbocycles. The fraction of sp³-hybridized carbons (Fsp3) is 0.312. The Morgan fingerprint density at radius 3 is 2.96 bits per heavy atom. The minimum Gasteiger partial charge on any atom is -0.394 e. The molecule has 2 heterocycles. The van der Waals surface area contributed by atoms with Crippen LogP contribution in [-0.4, -0.2) is 33.6 Å². The highest BCUT2D eigenvalue weighted by molar-refractivity contribution is 7.98. The van der Waals surface area contributed by atoms with E-state index < -0.39 is 11.6 Å². The van der Waals surface area contributed by atoms with Crippen LogP contribution in [0.1, 0.15) is 18.1 Å². The Labute approximate surface area is 147 Å². The van der Waals surface area contributed by atoms with Crippen molar-refractivity contribution in [1.82, 2.24) is 9.97 Å². The Morgan fingerprint density at radius 2 is 2.20 bits per heavy atom. The van der Waals surface area contributed by atoms with Gasteiger partial charge in [-0.2, -0.15) is 0 Å². The minimum absolute atomic E-state index is 0.100. The molecule has 0 unspecified atom stereocenters. The molecule has 132 valence electrons. The number of nitrogens with zero attached hydrogens (tertiary/aromatic N) is 2. The van der Waals surface area contributed by atoms with E-state index in [2.05, 4.69) is 20.6 Å². The molecule has 0 bridgehead atoms. The van der Waals surface area contributed by atoms with E-state index in [1.807, 2.05) is 0 Å². The van der Waals surface area contributed by atoms with Gasteiger partial charge >= 0.3 is 0 Å². The zero-order valence-corrected chi connectivity index (χ0v) is 14.2. The number of hydrogen-bond donors (Lipinski definition) is 3. The number of benzene rings is 1. The monoisotopic (exact) mass is 366 g/mol. The highest BCUT2D eigenvalue weighted by atomic mass is 32.2. The third-order valence-corrected chi connectivity index (χ3v) is 4.52.